The summed E-state index contributed by atoms with van der Waals surface area (Å²) in [7, 11) is -2.17. The molecule has 1 unspecified atom stereocenters. The summed E-state index contributed by atoms with van der Waals surface area (Å²) < 4.78 is 40.8. The topological polar surface area (TPSA) is 128 Å². The van der Waals surface area contributed by atoms with Crippen LogP contribution in [0.15, 0.2) is 59.5 Å². The molecule has 11 nitrogen and oxygen atoms in total. The minimum atomic E-state index is -3.76. The van der Waals surface area contributed by atoms with Crippen molar-refractivity contribution in [2.45, 2.75) is 31.2 Å². The fraction of sp³-hybridized carbons (Fsp3) is 0.280. The van der Waals surface area contributed by atoms with Crippen molar-refractivity contribution in [3.05, 3.63) is 60.2 Å². The summed E-state index contributed by atoms with van der Waals surface area (Å²) in [5.74, 6) is 1.44. The first kappa shape index (κ1) is 24.7. The molecule has 0 saturated carbocycles. The zero-order chi connectivity index (χ0) is 26.2. The molecule has 0 saturated heterocycles. The monoisotopic (exact) mass is 522 g/mol. The van der Waals surface area contributed by atoms with Gasteiger partial charge in [0.05, 0.1) is 12.0 Å². The Balaban J connectivity index is 1.24. The van der Waals surface area contributed by atoms with Gasteiger partial charge in [-0.05, 0) is 55.3 Å². The number of nitrogens with one attached hydrogen (secondary N) is 1. The Hall–Kier alpha value is -4.03. The van der Waals surface area contributed by atoms with Gasteiger partial charge >= 0.3 is 0 Å². The van der Waals surface area contributed by atoms with Crippen LogP contribution in [0.3, 0.4) is 0 Å². The van der Waals surface area contributed by atoms with Gasteiger partial charge in [0, 0.05) is 36.8 Å². The van der Waals surface area contributed by atoms with Crippen LogP contribution in [0, 0.1) is 0 Å². The predicted octanol–water partition coefficient (Wildman–Crippen LogP) is 2.45. The molecule has 0 bridgehead atoms. The number of amides is 1. The highest BCUT2D eigenvalue weighted by atomic mass is 32.2. The summed E-state index contributed by atoms with van der Waals surface area (Å²) in [6.45, 7) is 3.55. The maximum atomic E-state index is 12.8. The first-order valence-corrected chi connectivity index (χ1v) is 13.2. The van der Waals surface area contributed by atoms with Crippen LogP contribution < -0.4 is 19.1 Å². The Morgan fingerprint density at radius 3 is 2.76 bits per heavy atom. The Kier molecular flexibility index (Phi) is 6.52. The largest absolute Gasteiger partial charge is 0.497 e. The third-order valence-electron chi connectivity index (χ3n) is 6.13. The lowest BCUT2D eigenvalue weighted by Gasteiger charge is -2.20. The van der Waals surface area contributed by atoms with E-state index in [0.717, 1.165) is 16.8 Å². The first-order valence-electron chi connectivity index (χ1n) is 11.7. The number of rotatable bonds is 8. The van der Waals surface area contributed by atoms with E-state index in [-0.39, 0.29) is 30.0 Å². The number of carbonyl (C=O) groups excluding carboxylic acids is 1. The van der Waals surface area contributed by atoms with Crippen LogP contribution in [0.25, 0.3) is 17.0 Å². The van der Waals surface area contributed by atoms with Gasteiger partial charge in [-0.1, -0.05) is 12.1 Å². The minimum Gasteiger partial charge on any atom is -0.497 e. The van der Waals surface area contributed by atoms with E-state index in [9.17, 15) is 13.2 Å². The van der Waals surface area contributed by atoms with E-state index in [4.69, 9.17) is 9.47 Å². The maximum Gasteiger partial charge on any atom is 0.240 e. The fourth-order valence-corrected chi connectivity index (χ4v) is 5.52. The molecule has 1 N–H and O–H groups in total. The van der Waals surface area contributed by atoms with Crippen LogP contribution in [0.4, 0.5) is 5.69 Å². The third kappa shape index (κ3) is 4.85. The summed E-state index contributed by atoms with van der Waals surface area (Å²) >= 11 is 0. The lowest BCUT2D eigenvalue weighted by molar-refractivity contribution is -0.116. The predicted molar refractivity (Wildman–Crippen MR) is 136 cm³/mol. The van der Waals surface area contributed by atoms with E-state index in [0.29, 0.717) is 29.5 Å². The van der Waals surface area contributed by atoms with E-state index in [1.54, 1.807) is 40.8 Å². The maximum absolute atomic E-state index is 12.8. The molecule has 4 aromatic rings. The molecule has 1 atom stereocenters. The molecule has 1 aliphatic rings. The Labute approximate surface area is 214 Å². The SMILES string of the molecule is COc1cccc(-c2nnc3ccc(OCCNS(=O)(=O)c4ccc5c(c4)CC(C)N5C(C)=O)nn23)c1. The number of fused-ring (bicyclic) bond motifs is 2. The number of nitrogens with zero attached hydrogens (tertiary/aromatic N) is 5. The van der Waals surface area contributed by atoms with Crippen molar-refractivity contribution in [3.63, 3.8) is 0 Å². The van der Waals surface area contributed by atoms with Gasteiger partial charge in [-0.3, -0.25) is 4.79 Å². The molecule has 5 rings (SSSR count). The number of methoxy groups -OCH3 is 1. The van der Waals surface area contributed by atoms with Crippen molar-refractivity contribution in [3.8, 4) is 23.0 Å². The zero-order valence-corrected chi connectivity index (χ0v) is 21.4. The number of hydrogen-bond donors (Lipinski definition) is 1. The molecule has 0 spiro atoms. The number of ether oxygens (including phenoxy) is 2. The van der Waals surface area contributed by atoms with Crippen LogP contribution in [-0.2, 0) is 21.2 Å². The van der Waals surface area contributed by atoms with Crippen molar-refractivity contribution < 1.29 is 22.7 Å². The van der Waals surface area contributed by atoms with Gasteiger partial charge in [-0.15, -0.1) is 15.3 Å². The molecular weight excluding hydrogens is 496 g/mol. The summed E-state index contributed by atoms with van der Waals surface area (Å²) in [5, 5.41) is 12.8. The third-order valence-corrected chi connectivity index (χ3v) is 7.59. The molecule has 3 heterocycles. The molecule has 37 heavy (non-hydrogen) atoms. The highest BCUT2D eigenvalue weighted by Gasteiger charge is 2.30. The fourth-order valence-electron chi connectivity index (χ4n) is 4.46. The van der Waals surface area contributed by atoms with Gasteiger partial charge in [-0.25, -0.2) is 13.1 Å². The van der Waals surface area contributed by atoms with Gasteiger partial charge in [0.25, 0.3) is 0 Å². The Morgan fingerprint density at radius 1 is 1.14 bits per heavy atom. The van der Waals surface area contributed by atoms with Gasteiger partial charge in [-0.2, -0.15) is 4.52 Å². The molecule has 12 heteroatoms. The normalized spacial score (nSPS) is 15.1. The molecule has 192 valence electrons. The number of benzene rings is 2. The number of aromatic nitrogens is 4. The van der Waals surface area contributed by atoms with E-state index < -0.39 is 10.0 Å². The average Bonchev–Trinajstić information content (AvgIpc) is 3.46. The smallest absolute Gasteiger partial charge is 0.240 e. The number of carbonyl (C=O) groups is 1. The molecule has 1 aliphatic heterocycles. The van der Waals surface area contributed by atoms with Gasteiger partial charge < -0.3 is 14.4 Å². The van der Waals surface area contributed by atoms with E-state index in [2.05, 4.69) is 20.0 Å². The summed E-state index contributed by atoms with van der Waals surface area (Å²) in [6.07, 6.45) is 0.608. The lowest BCUT2D eigenvalue weighted by atomic mass is 10.1. The van der Waals surface area contributed by atoms with Gasteiger partial charge in [0.2, 0.25) is 21.8 Å². The second-order valence-electron chi connectivity index (χ2n) is 8.68. The summed E-state index contributed by atoms with van der Waals surface area (Å²) in [6, 6.07) is 15.6. The molecule has 1 amide bonds. The van der Waals surface area contributed by atoms with Gasteiger partial charge in [0.15, 0.2) is 11.5 Å². The molecule has 2 aromatic carbocycles. The van der Waals surface area contributed by atoms with Crippen molar-refractivity contribution in [2.24, 2.45) is 0 Å². The van der Waals surface area contributed by atoms with E-state index in [1.807, 2.05) is 31.2 Å². The molecule has 0 aliphatic carbocycles. The average molecular weight is 523 g/mol. The van der Waals surface area contributed by atoms with Crippen LogP contribution in [0.1, 0.15) is 19.4 Å². The van der Waals surface area contributed by atoms with Crippen LogP contribution in [0.5, 0.6) is 11.6 Å². The van der Waals surface area contributed by atoms with E-state index in [1.165, 1.54) is 13.0 Å². The van der Waals surface area contributed by atoms with Crippen molar-refractivity contribution >= 4 is 27.3 Å². The molecule has 0 fully saturated rings. The first-order chi connectivity index (χ1) is 17.8. The number of anilines is 1. The number of sulfonamides is 1. The standard InChI is InChI=1S/C25H26N6O5S/c1-16-13-19-15-21(7-8-22(19)30(16)17(2)32)37(33,34)26-11-12-36-24-10-9-23-27-28-25(31(23)29-24)18-5-4-6-20(14-18)35-3/h4-10,14-16,26H,11-13H2,1-3H3. The molecule has 2 aromatic heterocycles. The highest BCUT2D eigenvalue weighted by molar-refractivity contribution is 7.89. The molecule has 0 radical (unpaired) electrons. The quantitative estimate of drug-likeness (QED) is 0.350. The molecular formula is C25H26N6O5S. The van der Waals surface area contributed by atoms with Crippen molar-refractivity contribution in [1.82, 2.24) is 24.5 Å². The Bertz CT molecular complexity index is 1590. The van der Waals surface area contributed by atoms with Crippen LogP contribution in [0.2, 0.25) is 0 Å². The second-order valence-corrected chi connectivity index (χ2v) is 10.4. The van der Waals surface area contributed by atoms with Crippen molar-refractivity contribution in [2.75, 3.05) is 25.2 Å². The van der Waals surface area contributed by atoms with E-state index >= 15 is 0 Å². The Morgan fingerprint density at radius 2 is 1.97 bits per heavy atom. The summed E-state index contributed by atoms with van der Waals surface area (Å²) in [5.41, 5.74) is 2.91. The summed E-state index contributed by atoms with van der Waals surface area (Å²) in [4.78, 5) is 13.8. The van der Waals surface area contributed by atoms with Crippen LogP contribution in [-0.4, -0.2) is 60.4 Å². The van der Waals surface area contributed by atoms with Crippen LogP contribution >= 0.6 is 0 Å². The minimum absolute atomic E-state index is 0.00761. The van der Waals surface area contributed by atoms with Gasteiger partial charge in [0.1, 0.15) is 12.4 Å². The zero-order valence-electron chi connectivity index (χ0n) is 20.6. The highest BCUT2D eigenvalue weighted by Crippen LogP contribution is 2.33. The number of hydrogen-bond acceptors (Lipinski definition) is 8. The van der Waals surface area contributed by atoms with Crippen molar-refractivity contribution in [1.29, 1.82) is 0 Å². The second kappa shape index (κ2) is 9.79. The lowest BCUT2D eigenvalue weighted by Crippen LogP contribution is -2.33.